The molecule has 0 heterocycles. The molecule has 0 bridgehead atoms. The Morgan fingerprint density at radius 3 is 2.57 bits per heavy atom. The van der Waals surface area contributed by atoms with E-state index in [1.165, 1.54) is 5.56 Å². The molecule has 1 aromatic carbocycles. The zero-order valence-electron chi connectivity index (χ0n) is 12.9. The predicted molar refractivity (Wildman–Crippen MR) is 90.0 cm³/mol. The molecule has 1 fully saturated rings. The second-order valence-electron chi connectivity index (χ2n) is 6.79. The minimum absolute atomic E-state index is 0.125. The van der Waals surface area contributed by atoms with Crippen LogP contribution in [0.3, 0.4) is 0 Å². The summed E-state index contributed by atoms with van der Waals surface area (Å²) in [5, 5.41) is 3.16. The zero-order chi connectivity index (χ0) is 15.5. The van der Waals surface area contributed by atoms with Crippen LogP contribution in [0.1, 0.15) is 45.1 Å². The molecular weight excluding hydrogens is 328 g/mol. The van der Waals surface area contributed by atoms with Crippen molar-refractivity contribution in [2.45, 2.75) is 57.5 Å². The molecule has 0 radical (unpaired) electrons. The number of hydrogen-bond donors (Lipinski definition) is 2. The minimum Gasteiger partial charge on any atom is -0.351 e. The van der Waals surface area contributed by atoms with Crippen molar-refractivity contribution in [2.75, 3.05) is 0 Å². The van der Waals surface area contributed by atoms with E-state index in [1.54, 1.807) is 0 Å². The molecule has 21 heavy (non-hydrogen) atoms. The fourth-order valence-electron chi connectivity index (χ4n) is 3.14. The first kappa shape index (κ1) is 16.5. The topological polar surface area (TPSA) is 55.1 Å². The van der Waals surface area contributed by atoms with E-state index < -0.39 is 0 Å². The molecule has 0 unspecified atom stereocenters. The van der Waals surface area contributed by atoms with Crippen molar-refractivity contribution >= 4 is 21.8 Å². The summed E-state index contributed by atoms with van der Waals surface area (Å²) in [6.07, 6.45) is 4.68. The third-order valence-corrected chi connectivity index (χ3v) is 4.73. The predicted octanol–water partition coefficient (Wildman–Crippen LogP) is 3.40. The Hall–Kier alpha value is -0.870. The molecule has 2 rings (SSSR count). The van der Waals surface area contributed by atoms with Crippen LogP contribution in [0.15, 0.2) is 28.7 Å². The van der Waals surface area contributed by atoms with Crippen LogP contribution in [0, 0.1) is 5.92 Å². The van der Waals surface area contributed by atoms with Crippen LogP contribution < -0.4 is 11.1 Å². The van der Waals surface area contributed by atoms with Gasteiger partial charge in [-0.05, 0) is 56.7 Å². The number of benzene rings is 1. The lowest BCUT2D eigenvalue weighted by atomic mass is 9.93. The Balaban J connectivity index is 1.87. The molecule has 1 aliphatic rings. The fourth-order valence-corrected chi connectivity index (χ4v) is 3.41. The van der Waals surface area contributed by atoms with Gasteiger partial charge in [-0.15, -0.1) is 0 Å². The number of hydrogen-bond acceptors (Lipinski definition) is 2. The van der Waals surface area contributed by atoms with E-state index in [-0.39, 0.29) is 17.5 Å². The van der Waals surface area contributed by atoms with Gasteiger partial charge in [0.05, 0.1) is 0 Å². The number of carbonyl (C=O) groups is 1. The quantitative estimate of drug-likeness (QED) is 0.852. The SMILES string of the molecule is CC(C)(Cc1ccc(Br)cc1)NC(=O)C[C@@H]1CCC[C@H]1N. The molecule has 4 heteroatoms. The molecule has 0 aromatic heterocycles. The first-order valence-corrected chi connectivity index (χ1v) is 8.46. The highest BCUT2D eigenvalue weighted by molar-refractivity contribution is 9.10. The van der Waals surface area contributed by atoms with Gasteiger partial charge in [0.2, 0.25) is 5.91 Å². The summed E-state index contributed by atoms with van der Waals surface area (Å²) in [6.45, 7) is 4.14. The Kier molecular flexibility index (Phi) is 5.44. The molecule has 116 valence electrons. The lowest BCUT2D eigenvalue weighted by Gasteiger charge is -2.27. The average Bonchev–Trinajstić information content (AvgIpc) is 2.77. The average molecular weight is 353 g/mol. The van der Waals surface area contributed by atoms with Gasteiger partial charge >= 0.3 is 0 Å². The summed E-state index contributed by atoms with van der Waals surface area (Å²) >= 11 is 3.44. The van der Waals surface area contributed by atoms with Gasteiger partial charge in [0.1, 0.15) is 0 Å². The van der Waals surface area contributed by atoms with Crippen molar-refractivity contribution in [1.82, 2.24) is 5.32 Å². The third-order valence-electron chi connectivity index (χ3n) is 4.20. The molecule has 2 atom stereocenters. The standard InChI is InChI=1S/C17H25BrN2O/c1-17(2,11-12-6-8-14(18)9-7-12)20-16(21)10-13-4-3-5-15(13)19/h6-9,13,15H,3-5,10-11,19H2,1-2H3,(H,20,21)/t13-,15+/m0/s1. The molecule has 0 spiro atoms. The van der Waals surface area contributed by atoms with Gasteiger partial charge in [-0.3, -0.25) is 4.79 Å². The number of rotatable bonds is 5. The summed E-state index contributed by atoms with van der Waals surface area (Å²) in [4.78, 5) is 12.2. The second-order valence-corrected chi connectivity index (χ2v) is 7.71. The Labute approximate surface area is 135 Å². The van der Waals surface area contributed by atoms with E-state index in [4.69, 9.17) is 5.73 Å². The van der Waals surface area contributed by atoms with Crippen LogP contribution in [0.2, 0.25) is 0 Å². The van der Waals surface area contributed by atoms with E-state index in [1.807, 2.05) is 12.1 Å². The highest BCUT2D eigenvalue weighted by atomic mass is 79.9. The number of carbonyl (C=O) groups excluding carboxylic acids is 1. The van der Waals surface area contributed by atoms with E-state index in [0.29, 0.717) is 12.3 Å². The van der Waals surface area contributed by atoms with Gasteiger partial charge in [-0.25, -0.2) is 0 Å². The first-order chi connectivity index (χ1) is 9.85. The lowest BCUT2D eigenvalue weighted by molar-refractivity contribution is -0.123. The van der Waals surface area contributed by atoms with Crippen molar-refractivity contribution in [3.63, 3.8) is 0 Å². The van der Waals surface area contributed by atoms with Crippen LogP contribution in [0.5, 0.6) is 0 Å². The van der Waals surface area contributed by atoms with Crippen molar-refractivity contribution in [3.05, 3.63) is 34.3 Å². The summed E-state index contributed by atoms with van der Waals surface area (Å²) in [6, 6.07) is 8.44. The van der Waals surface area contributed by atoms with Gasteiger partial charge in [0.25, 0.3) is 0 Å². The van der Waals surface area contributed by atoms with E-state index in [2.05, 4.69) is 47.2 Å². The molecule has 1 aromatic rings. The van der Waals surface area contributed by atoms with Crippen LogP contribution >= 0.6 is 15.9 Å². The molecule has 0 aliphatic heterocycles. The highest BCUT2D eigenvalue weighted by Crippen LogP contribution is 2.27. The van der Waals surface area contributed by atoms with Crippen molar-refractivity contribution in [2.24, 2.45) is 11.7 Å². The maximum absolute atomic E-state index is 12.2. The van der Waals surface area contributed by atoms with Crippen molar-refractivity contribution in [3.8, 4) is 0 Å². The summed E-state index contributed by atoms with van der Waals surface area (Å²) in [7, 11) is 0. The zero-order valence-corrected chi connectivity index (χ0v) is 14.4. The van der Waals surface area contributed by atoms with Gasteiger partial charge in [-0.2, -0.15) is 0 Å². The van der Waals surface area contributed by atoms with E-state index >= 15 is 0 Å². The molecule has 1 amide bonds. The Morgan fingerprint density at radius 1 is 1.33 bits per heavy atom. The van der Waals surface area contributed by atoms with Crippen LogP contribution in [-0.2, 0) is 11.2 Å². The van der Waals surface area contributed by atoms with Crippen molar-refractivity contribution < 1.29 is 4.79 Å². The van der Waals surface area contributed by atoms with Gasteiger partial charge in [-0.1, -0.05) is 34.5 Å². The second kappa shape index (κ2) is 6.93. The lowest BCUT2D eigenvalue weighted by Crippen LogP contribution is -2.46. The summed E-state index contributed by atoms with van der Waals surface area (Å²) in [5.74, 6) is 0.480. The number of nitrogens with one attached hydrogen (secondary N) is 1. The highest BCUT2D eigenvalue weighted by Gasteiger charge is 2.28. The number of amides is 1. The molecule has 0 saturated heterocycles. The maximum atomic E-state index is 12.2. The smallest absolute Gasteiger partial charge is 0.220 e. The molecule has 1 aliphatic carbocycles. The third kappa shape index (κ3) is 5.11. The van der Waals surface area contributed by atoms with Crippen LogP contribution in [0.25, 0.3) is 0 Å². The Bertz CT molecular complexity index is 484. The molecule has 3 nitrogen and oxygen atoms in total. The van der Waals surface area contributed by atoms with Crippen LogP contribution in [0.4, 0.5) is 0 Å². The molecule has 1 saturated carbocycles. The number of halogens is 1. The molecular formula is C17H25BrN2O. The number of nitrogens with two attached hydrogens (primary N) is 1. The molecule has 3 N–H and O–H groups in total. The summed E-state index contributed by atoms with van der Waals surface area (Å²) < 4.78 is 1.07. The fraction of sp³-hybridized carbons (Fsp3) is 0.588. The van der Waals surface area contributed by atoms with Gasteiger partial charge in [0, 0.05) is 22.5 Å². The normalized spacial score (nSPS) is 22.3. The van der Waals surface area contributed by atoms with Crippen LogP contribution in [-0.4, -0.2) is 17.5 Å². The van der Waals surface area contributed by atoms with E-state index in [9.17, 15) is 4.79 Å². The van der Waals surface area contributed by atoms with Gasteiger partial charge < -0.3 is 11.1 Å². The first-order valence-electron chi connectivity index (χ1n) is 7.67. The van der Waals surface area contributed by atoms with Crippen molar-refractivity contribution in [1.29, 1.82) is 0 Å². The maximum Gasteiger partial charge on any atom is 0.220 e. The Morgan fingerprint density at radius 2 is 2.00 bits per heavy atom. The van der Waals surface area contributed by atoms with E-state index in [0.717, 1.165) is 30.2 Å². The summed E-state index contributed by atoms with van der Waals surface area (Å²) in [5.41, 5.74) is 7.03. The largest absolute Gasteiger partial charge is 0.351 e. The minimum atomic E-state index is -0.242. The van der Waals surface area contributed by atoms with Gasteiger partial charge in [0.15, 0.2) is 0 Å². The monoisotopic (exact) mass is 352 g/mol.